The van der Waals surface area contributed by atoms with Crippen molar-refractivity contribution >= 4 is 46.1 Å². The first-order chi connectivity index (χ1) is 16.5. The molecule has 1 aromatic heterocycles. The topological polar surface area (TPSA) is 93.7 Å². The van der Waals surface area contributed by atoms with Crippen molar-refractivity contribution in [2.45, 2.75) is 18.5 Å². The number of fused-ring (bicyclic) bond motifs is 4. The number of imide groups is 1. The Morgan fingerprint density at radius 3 is 2.56 bits per heavy atom. The molecule has 168 valence electrons. The van der Waals surface area contributed by atoms with E-state index in [1.165, 1.54) is 12.1 Å². The third kappa shape index (κ3) is 2.87. The van der Waals surface area contributed by atoms with Crippen LogP contribution in [0.1, 0.15) is 33.2 Å². The molecule has 34 heavy (non-hydrogen) atoms. The zero-order valence-electron chi connectivity index (χ0n) is 17.7. The molecule has 7 nitrogen and oxygen atoms in total. The number of rotatable bonds is 3. The van der Waals surface area contributed by atoms with Gasteiger partial charge >= 0.3 is 12.0 Å². The lowest BCUT2D eigenvalue weighted by Gasteiger charge is -2.36. The standard InChI is InChI=1S/C26H18ClN3O4/c27-15-7-5-6-14(12-15)23-22-18(16-8-1-3-10-19(16)28-22)13-21-24(31)30(26(34)29(21)23)20-11-4-2-9-17(20)25(32)33/h1-12,21,23,28H,13H2,(H,32,33)/t21-,23-/m1/s1. The number of nitrogens with one attached hydrogen (secondary N) is 1. The molecule has 2 N–H and O–H groups in total. The Labute approximate surface area is 199 Å². The Morgan fingerprint density at radius 1 is 1.00 bits per heavy atom. The van der Waals surface area contributed by atoms with Crippen LogP contribution < -0.4 is 4.90 Å². The minimum absolute atomic E-state index is 0.0674. The van der Waals surface area contributed by atoms with Crippen molar-refractivity contribution in [1.29, 1.82) is 0 Å². The Morgan fingerprint density at radius 2 is 1.76 bits per heavy atom. The number of anilines is 1. The first-order valence-corrected chi connectivity index (χ1v) is 11.2. The highest BCUT2D eigenvalue weighted by molar-refractivity contribution is 6.30. The largest absolute Gasteiger partial charge is 0.478 e. The molecule has 2 atom stereocenters. The van der Waals surface area contributed by atoms with Gasteiger partial charge in [0, 0.05) is 28.0 Å². The average Bonchev–Trinajstić information content (AvgIpc) is 3.32. The van der Waals surface area contributed by atoms with Gasteiger partial charge in [-0.05, 0) is 41.5 Å². The molecular formula is C26H18ClN3O4. The molecule has 3 aromatic carbocycles. The Bertz CT molecular complexity index is 1510. The fraction of sp³-hybridized carbons (Fsp3) is 0.115. The highest BCUT2D eigenvalue weighted by Crippen LogP contribution is 2.45. The molecular weight excluding hydrogens is 454 g/mol. The highest BCUT2D eigenvalue weighted by atomic mass is 35.5. The van der Waals surface area contributed by atoms with E-state index in [0.717, 1.165) is 32.6 Å². The zero-order chi connectivity index (χ0) is 23.6. The van der Waals surface area contributed by atoms with Crippen molar-refractivity contribution in [3.05, 3.63) is 100 Å². The van der Waals surface area contributed by atoms with Crippen molar-refractivity contribution in [3.63, 3.8) is 0 Å². The number of amides is 3. The Balaban J connectivity index is 1.56. The van der Waals surface area contributed by atoms with Gasteiger partial charge in [-0.2, -0.15) is 0 Å². The number of aromatic amines is 1. The summed E-state index contributed by atoms with van der Waals surface area (Å²) < 4.78 is 0. The molecule has 3 amide bonds. The van der Waals surface area contributed by atoms with Crippen LogP contribution in [0.3, 0.4) is 0 Å². The van der Waals surface area contributed by atoms with Crippen molar-refractivity contribution in [1.82, 2.24) is 9.88 Å². The second-order valence-electron chi connectivity index (χ2n) is 8.43. The molecule has 2 aliphatic rings. The van der Waals surface area contributed by atoms with E-state index in [4.69, 9.17) is 11.6 Å². The number of aromatic carboxylic acids is 1. The number of para-hydroxylation sites is 2. The number of benzene rings is 3. The molecule has 1 saturated heterocycles. The molecule has 2 aliphatic heterocycles. The minimum atomic E-state index is -1.20. The predicted octanol–water partition coefficient (Wildman–Crippen LogP) is 5.00. The number of carbonyl (C=O) groups excluding carboxylic acids is 2. The van der Waals surface area contributed by atoms with Gasteiger partial charge < -0.3 is 10.1 Å². The summed E-state index contributed by atoms with van der Waals surface area (Å²) in [7, 11) is 0. The Hall–Kier alpha value is -4.10. The van der Waals surface area contributed by atoms with Crippen molar-refractivity contribution < 1.29 is 19.5 Å². The summed E-state index contributed by atoms with van der Waals surface area (Å²) in [6, 6.07) is 19.2. The number of H-pyrrole nitrogens is 1. The third-order valence-electron chi connectivity index (χ3n) is 6.59. The van der Waals surface area contributed by atoms with E-state index < -0.39 is 30.0 Å². The molecule has 0 aliphatic carbocycles. The molecule has 0 saturated carbocycles. The maximum atomic E-state index is 13.8. The fourth-order valence-corrected chi connectivity index (χ4v) is 5.37. The van der Waals surface area contributed by atoms with Crippen LogP contribution >= 0.6 is 11.6 Å². The monoisotopic (exact) mass is 471 g/mol. The number of hydrogen-bond acceptors (Lipinski definition) is 3. The van der Waals surface area contributed by atoms with Crippen LogP contribution in [0.5, 0.6) is 0 Å². The van der Waals surface area contributed by atoms with Crippen molar-refractivity contribution in [3.8, 4) is 0 Å². The number of carboxylic acid groups (broad SMARTS) is 1. The third-order valence-corrected chi connectivity index (χ3v) is 6.82. The summed E-state index contributed by atoms with van der Waals surface area (Å²) in [5.74, 6) is -1.65. The predicted molar refractivity (Wildman–Crippen MR) is 127 cm³/mol. The summed E-state index contributed by atoms with van der Waals surface area (Å²) >= 11 is 6.30. The summed E-state index contributed by atoms with van der Waals surface area (Å²) in [5.41, 5.74) is 3.45. The highest BCUT2D eigenvalue weighted by Gasteiger charge is 2.53. The van der Waals surface area contributed by atoms with Gasteiger partial charge in [0.15, 0.2) is 0 Å². The smallest absolute Gasteiger partial charge is 0.337 e. The first kappa shape index (κ1) is 20.5. The molecule has 0 radical (unpaired) electrons. The molecule has 0 spiro atoms. The SMILES string of the molecule is O=C(O)c1ccccc1N1C(=O)[C@H]2Cc3c([nH]c4ccccc34)[C@@H](c3cccc(Cl)c3)N2C1=O. The maximum absolute atomic E-state index is 13.8. The number of carboxylic acids is 1. The minimum Gasteiger partial charge on any atom is -0.478 e. The van der Waals surface area contributed by atoms with Crippen LogP contribution in [-0.4, -0.2) is 38.9 Å². The maximum Gasteiger partial charge on any atom is 0.337 e. The van der Waals surface area contributed by atoms with Crippen molar-refractivity contribution in [2.75, 3.05) is 4.90 Å². The van der Waals surface area contributed by atoms with E-state index in [-0.39, 0.29) is 11.3 Å². The average molecular weight is 472 g/mol. The van der Waals surface area contributed by atoms with E-state index in [2.05, 4.69) is 4.98 Å². The molecule has 3 heterocycles. The van der Waals surface area contributed by atoms with Gasteiger partial charge in [-0.3, -0.25) is 9.69 Å². The quantitative estimate of drug-likeness (QED) is 0.411. The Kier molecular flexibility index (Phi) is 4.50. The van der Waals surface area contributed by atoms with Gasteiger partial charge in [-0.1, -0.05) is 54.1 Å². The summed E-state index contributed by atoms with van der Waals surface area (Å²) in [5, 5.41) is 11.2. The van der Waals surface area contributed by atoms with E-state index in [1.807, 2.05) is 36.4 Å². The van der Waals surface area contributed by atoms with Crippen LogP contribution in [-0.2, 0) is 11.2 Å². The molecule has 1 fully saturated rings. The lowest BCUT2D eigenvalue weighted by molar-refractivity contribution is -0.120. The lowest BCUT2D eigenvalue weighted by atomic mass is 9.89. The fourth-order valence-electron chi connectivity index (χ4n) is 5.17. The number of urea groups is 1. The van der Waals surface area contributed by atoms with Gasteiger partial charge in [-0.25, -0.2) is 14.5 Å². The van der Waals surface area contributed by atoms with Gasteiger partial charge in [0.25, 0.3) is 5.91 Å². The van der Waals surface area contributed by atoms with Crippen LogP contribution in [0.4, 0.5) is 10.5 Å². The van der Waals surface area contributed by atoms with E-state index in [9.17, 15) is 19.5 Å². The molecule has 0 bridgehead atoms. The molecule has 8 heteroatoms. The first-order valence-electron chi connectivity index (χ1n) is 10.8. The lowest BCUT2D eigenvalue weighted by Crippen LogP contribution is -2.44. The van der Waals surface area contributed by atoms with Crippen molar-refractivity contribution in [2.24, 2.45) is 0 Å². The number of carbonyl (C=O) groups is 3. The second kappa shape index (κ2) is 7.46. The molecule has 6 rings (SSSR count). The molecule has 4 aromatic rings. The van der Waals surface area contributed by atoms with E-state index in [0.29, 0.717) is 11.4 Å². The van der Waals surface area contributed by atoms with E-state index in [1.54, 1.807) is 29.2 Å². The van der Waals surface area contributed by atoms with Crippen LogP contribution in [0, 0.1) is 0 Å². The number of hydrogen-bond donors (Lipinski definition) is 2. The van der Waals surface area contributed by atoms with Gasteiger partial charge in [0.1, 0.15) is 12.1 Å². The van der Waals surface area contributed by atoms with E-state index >= 15 is 0 Å². The van der Waals surface area contributed by atoms with Gasteiger partial charge in [-0.15, -0.1) is 0 Å². The second-order valence-corrected chi connectivity index (χ2v) is 8.86. The summed E-state index contributed by atoms with van der Waals surface area (Å²) in [4.78, 5) is 45.3. The van der Waals surface area contributed by atoms with Gasteiger partial charge in [0.2, 0.25) is 0 Å². The molecule has 0 unspecified atom stereocenters. The summed E-state index contributed by atoms with van der Waals surface area (Å²) in [6.45, 7) is 0. The van der Waals surface area contributed by atoms with Gasteiger partial charge in [0.05, 0.1) is 11.3 Å². The van der Waals surface area contributed by atoms with Crippen LogP contribution in [0.2, 0.25) is 5.02 Å². The zero-order valence-corrected chi connectivity index (χ0v) is 18.5. The normalized spacial score (nSPS) is 19.4. The van der Waals surface area contributed by atoms with Crippen LogP contribution in [0.25, 0.3) is 10.9 Å². The number of halogens is 1. The number of nitrogens with zero attached hydrogens (tertiary/aromatic N) is 2. The van der Waals surface area contributed by atoms with Crippen LogP contribution in [0.15, 0.2) is 72.8 Å². The summed E-state index contributed by atoms with van der Waals surface area (Å²) in [6.07, 6.45) is 0.326. The number of aromatic nitrogens is 1.